The Labute approximate surface area is 80.3 Å². The van der Waals surface area contributed by atoms with Gasteiger partial charge < -0.3 is 10.6 Å². The Bertz CT molecular complexity index is 174. The highest BCUT2D eigenvalue weighted by molar-refractivity contribution is 5.85. The van der Waals surface area contributed by atoms with Crippen molar-refractivity contribution in [3.8, 4) is 0 Å². The number of hydrogen-bond acceptors (Lipinski definition) is 2. The van der Waals surface area contributed by atoms with Gasteiger partial charge in [0.05, 0.1) is 5.54 Å². The Morgan fingerprint density at radius 3 is 2.85 bits per heavy atom. The van der Waals surface area contributed by atoms with Crippen molar-refractivity contribution in [2.45, 2.75) is 45.1 Å². The van der Waals surface area contributed by atoms with Crippen LogP contribution in [0, 0.1) is 0 Å². The summed E-state index contributed by atoms with van der Waals surface area (Å²) in [6.07, 6.45) is 4.31. The van der Waals surface area contributed by atoms with Crippen molar-refractivity contribution in [1.82, 2.24) is 10.6 Å². The molecule has 1 heterocycles. The highest BCUT2D eigenvalue weighted by Crippen LogP contribution is 2.18. The third kappa shape index (κ3) is 2.69. The molecule has 1 rings (SSSR count). The van der Waals surface area contributed by atoms with Gasteiger partial charge in [0.25, 0.3) is 0 Å². The predicted octanol–water partition coefficient (Wildman–Crippen LogP) is 1.04. The summed E-state index contributed by atoms with van der Waals surface area (Å²) in [7, 11) is 0. The number of carbonyl (C=O) groups excluding carboxylic acids is 1. The molecule has 0 saturated carbocycles. The minimum absolute atomic E-state index is 0.161. The number of rotatable bonds is 3. The largest absolute Gasteiger partial charge is 0.355 e. The van der Waals surface area contributed by atoms with E-state index in [-0.39, 0.29) is 11.4 Å². The molecular formula is C10H20N2O. The van der Waals surface area contributed by atoms with Crippen LogP contribution < -0.4 is 10.6 Å². The molecule has 1 atom stereocenters. The summed E-state index contributed by atoms with van der Waals surface area (Å²) in [6, 6.07) is 0. The highest BCUT2D eigenvalue weighted by atomic mass is 16.2. The molecule has 1 fully saturated rings. The van der Waals surface area contributed by atoms with E-state index in [1.807, 2.05) is 6.92 Å². The molecule has 3 heteroatoms. The zero-order chi connectivity index (χ0) is 9.73. The lowest BCUT2D eigenvalue weighted by Crippen LogP contribution is -2.56. The fraction of sp³-hybridized carbons (Fsp3) is 0.900. The van der Waals surface area contributed by atoms with Crippen molar-refractivity contribution in [3.05, 3.63) is 0 Å². The minimum Gasteiger partial charge on any atom is -0.355 e. The van der Waals surface area contributed by atoms with E-state index in [4.69, 9.17) is 0 Å². The Morgan fingerprint density at radius 2 is 2.31 bits per heavy atom. The first-order valence-electron chi connectivity index (χ1n) is 5.22. The maximum absolute atomic E-state index is 11.7. The smallest absolute Gasteiger partial charge is 0.240 e. The van der Waals surface area contributed by atoms with Gasteiger partial charge in [-0.2, -0.15) is 0 Å². The van der Waals surface area contributed by atoms with Crippen LogP contribution in [0.15, 0.2) is 0 Å². The van der Waals surface area contributed by atoms with Crippen LogP contribution in [0.25, 0.3) is 0 Å². The molecular weight excluding hydrogens is 164 g/mol. The normalized spacial score (nSPS) is 28.5. The van der Waals surface area contributed by atoms with Crippen molar-refractivity contribution in [1.29, 1.82) is 0 Å². The highest BCUT2D eigenvalue weighted by Gasteiger charge is 2.33. The summed E-state index contributed by atoms with van der Waals surface area (Å²) in [5, 5.41) is 6.23. The summed E-state index contributed by atoms with van der Waals surface area (Å²) in [6.45, 7) is 5.82. The van der Waals surface area contributed by atoms with Crippen molar-refractivity contribution >= 4 is 5.91 Å². The molecule has 2 N–H and O–H groups in total. The first-order valence-corrected chi connectivity index (χ1v) is 5.22. The van der Waals surface area contributed by atoms with E-state index in [0.29, 0.717) is 0 Å². The van der Waals surface area contributed by atoms with Crippen LogP contribution in [-0.2, 0) is 4.79 Å². The van der Waals surface area contributed by atoms with Crippen LogP contribution in [0.3, 0.4) is 0 Å². The lowest BCUT2D eigenvalue weighted by atomic mass is 9.90. The Hall–Kier alpha value is -0.570. The number of amides is 1. The molecule has 0 aromatic rings. The van der Waals surface area contributed by atoms with E-state index in [2.05, 4.69) is 17.6 Å². The molecule has 0 bridgehead atoms. The Kier molecular flexibility index (Phi) is 3.72. The number of hydrogen-bond donors (Lipinski definition) is 2. The quantitative estimate of drug-likeness (QED) is 0.688. The van der Waals surface area contributed by atoms with Crippen LogP contribution in [0.5, 0.6) is 0 Å². The maximum Gasteiger partial charge on any atom is 0.240 e. The van der Waals surface area contributed by atoms with E-state index in [1.165, 1.54) is 6.42 Å². The molecule has 1 saturated heterocycles. The van der Waals surface area contributed by atoms with Crippen LogP contribution in [-0.4, -0.2) is 24.5 Å². The summed E-state index contributed by atoms with van der Waals surface area (Å²) in [4.78, 5) is 11.7. The molecule has 1 unspecified atom stereocenters. The molecule has 0 spiro atoms. The molecule has 0 radical (unpaired) electrons. The van der Waals surface area contributed by atoms with Crippen molar-refractivity contribution in [3.63, 3.8) is 0 Å². The molecule has 1 aliphatic rings. The molecule has 1 amide bonds. The molecule has 3 nitrogen and oxygen atoms in total. The summed E-state index contributed by atoms with van der Waals surface area (Å²) < 4.78 is 0. The van der Waals surface area contributed by atoms with Crippen molar-refractivity contribution in [2.75, 3.05) is 13.1 Å². The van der Waals surface area contributed by atoms with Gasteiger partial charge in [-0.05, 0) is 39.2 Å². The summed E-state index contributed by atoms with van der Waals surface area (Å²) in [5.41, 5.74) is -0.312. The fourth-order valence-corrected chi connectivity index (χ4v) is 1.68. The average Bonchev–Trinajstić information content (AvgIpc) is 2.15. The second kappa shape index (κ2) is 4.61. The van der Waals surface area contributed by atoms with Gasteiger partial charge in [0, 0.05) is 6.54 Å². The van der Waals surface area contributed by atoms with Gasteiger partial charge >= 0.3 is 0 Å². The van der Waals surface area contributed by atoms with Crippen LogP contribution in [0.2, 0.25) is 0 Å². The number of carbonyl (C=O) groups is 1. The third-order valence-electron chi connectivity index (χ3n) is 2.66. The zero-order valence-electron chi connectivity index (χ0n) is 8.65. The fourth-order valence-electron chi connectivity index (χ4n) is 1.68. The van der Waals surface area contributed by atoms with Gasteiger partial charge in [0.15, 0.2) is 0 Å². The topological polar surface area (TPSA) is 41.1 Å². The maximum atomic E-state index is 11.7. The SMILES string of the molecule is CCCNC(=O)C1(C)CCCCN1. The zero-order valence-corrected chi connectivity index (χ0v) is 8.65. The average molecular weight is 184 g/mol. The number of piperidine rings is 1. The molecule has 76 valence electrons. The van der Waals surface area contributed by atoms with Gasteiger partial charge in [-0.1, -0.05) is 6.92 Å². The minimum atomic E-state index is -0.312. The van der Waals surface area contributed by atoms with Gasteiger partial charge in [-0.15, -0.1) is 0 Å². The van der Waals surface area contributed by atoms with E-state index in [1.54, 1.807) is 0 Å². The van der Waals surface area contributed by atoms with Crippen molar-refractivity contribution < 1.29 is 4.79 Å². The van der Waals surface area contributed by atoms with Gasteiger partial charge in [-0.25, -0.2) is 0 Å². The van der Waals surface area contributed by atoms with Gasteiger partial charge in [0.2, 0.25) is 5.91 Å². The lowest BCUT2D eigenvalue weighted by molar-refractivity contribution is -0.127. The van der Waals surface area contributed by atoms with Gasteiger partial charge in [0.1, 0.15) is 0 Å². The Balaban J connectivity index is 2.42. The molecule has 13 heavy (non-hydrogen) atoms. The second-order valence-corrected chi connectivity index (χ2v) is 3.97. The van der Waals surface area contributed by atoms with Crippen molar-refractivity contribution in [2.24, 2.45) is 0 Å². The van der Waals surface area contributed by atoms with Crippen LogP contribution >= 0.6 is 0 Å². The molecule has 1 aliphatic heterocycles. The first kappa shape index (κ1) is 10.5. The standard InChI is InChI=1S/C10H20N2O/c1-3-7-11-9(13)10(2)6-4-5-8-12-10/h12H,3-8H2,1-2H3,(H,11,13). The van der Waals surface area contributed by atoms with E-state index in [0.717, 1.165) is 32.4 Å². The summed E-state index contributed by atoms with van der Waals surface area (Å²) >= 11 is 0. The lowest BCUT2D eigenvalue weighted by Gasteiger charge is -2.33. The molecule has 0 aromatic heterocycles. The molecule has 0 aliphatic carbocycles. The van der Waals surface area contributed by atoms with Crippen LogP contribution in [0.1, 0.15) is 39.5 Å². The molecule has 0 aromatic carbocycles. The number of nitrogens with one attached hydrogen (secondary N) is 2. The first-order chi connectivity index (χ1) is 6.19. The van der Waals surface area contributed by atoms with E-state index < -0.39 is 0 Å². The predicted molar refractivity (Wildman–Crippen MR) is 53.6 cm³/mol. The summed E-state index contributed by atoms with van der Waals surface area (Å²) in [5.74, 6) is 0.161. The van der Waals surface area contributed by atoms with Gasteiger partial charge in [-0.3, -0.25) is 4.79 Å². The third-order valence-corrected chi connectivity index (χ3v) is 2.66. The van der Waals surface area contributed by atoms with Crippen LogP contribution in [0.4, 0.5) is 0 Å². The van der Waals surface area contributed by atoms with E-state index >= 15 is 0 Å². The Morgan fingerprint density at radius 1 is 1.54 bits per heavy atom. The monoisotopic (exact) mass is 184 g/mol. The second-order valence-electron chi connectivity index (χ2n) is 3.97. The van der Waals surface area contributed by atoms with E-state index in [9.17, 15) is 4.79 Å².